The van der Waals surface area contributed by atoms with Gasteiger partial charge in [0.25, 0.3) is 5.91 Å². The molecule has 1 saturated carbocycles. The number of fused-ring (bicyclic) bond motifs is 3. The number of carbonyl (C=O) groups excluding carboxylic acids is 1. The maximum absolute atomic E-state index is 12.8. The molecule has 2 aliphatic heterocycles. The summed E-state index contributed by atoms with van der Waals surface area (Å²) >= 11 is 1.18. The molecule has 0 radical (unpaired) electrons. The van der Waals surface area contributed by atoms with Crippen LogP contribution in [-0.2, 0) is 10.0 Å². The van der Waals surface area contributed by atoms with E-state index in [0.29, 0.717) is 17.3 Å². The second-order valence-corrected chi connectivity index (χ2v) is 8.94. The maximum atomic E-state index is 12.8. The molecular formula is C14H21N3O3S2. The number of carbonyl (C=O) groups is 1. The number of amides is 1. The first kappa shape index (κ1) is 15.9. The number of nitrogens with two attached hydrogens (primary N) is 1. The zero-order valence-corrected chi connectivity index (χ0v) is 14.2. The number of nitrogens with zero attached hydrogens (tertiary/aromatic N) is 1. The minimum atomic E-state index is -3.51. The SMILES string of the molecule is CNS(=O)(=O)c1csc(C(=O)N2CC3CCC2(CN)CC3)c1. The van der Waals surface area contributed by atoms with E-state index < -0.39 is 10.0 Å². The fraction of sp³-hybridized carbons (Fsp3) is 0.643. The van der Waals surface area contributed by atoms with E-state index >= 15 is 0 Å². The molecule has 1 aromatic rings. The molecule has 0 spiro atoms. The fourth-order valence-electron chi connectivity index (χ4n) is 3.55. The molecule has 0 unspecified atom stereocenters. The topological polar surface area (TPSA) is 92.5 Å². The van der Waals surface area contributed by atoms with Gasteiger partial charge >= 0.3 is 0 Å². The van der Waals surface area contributed by atoms with Crippen LogP contribution in [0.5, 0.6) is 0 Å². The number of rotatable bonds is 4. The molecule has 4 rings (SSSR count). The summed E-state index contributed by atoms with van der Waals surface area (Å²) < 4.78 is 25.9. The molecule has 3 aliphatic rings. The van der Waals surface area contributed by atoms with Crippen LogP contribution in [0.1, 0.15) is 35.4 Å². The standard InChI is InChI=1S/C14H21N3O3S2/c1-16-22(19,20)11-6-12(21-8-11)13(18)17-7-10-2-4-14(17,9-15)5-3-10/h6,8,10,16H,2-5,7,9,15H2,1H3. The Hall–Kier alpha value is -0.960. The van der Waals surface area contributed by atoms with E-state index in [-0.39, 0.29) is 16.3 Å². The van der Waals surface area contributed by atoms with Crippen molar-refractivity contribution in [2.24, 2.45) is 11.7 Å². The van der Waals surface area contributed by atoms with Crippen molar-refractivity contribution >= 4 is 27.3 Å². The summed E-state index contributed by atoms with van der Waals surface area (Å²) in [4.78, 5) is 15.4. The minimum absolute atomic E-state index is 0.0857. The van der Waals surface area contributed by atoms with Crippen LogP contribution in [0.15, 0.2) is 16.3 Å². The molecule has 0 atom stereocenters. The number of piperidine rings is 2. The molecule has 2 bridgehead atoms. The van der Waals surface area contributed by atoms with Gasteiger partial charge < -0.3 is 10.6 Å². The average Bonchev–Trinajstić information content (AvgIpc) is 3.06. The third-order valence-electron chi connectivity index (χ3n) is 5.04. The molecule has 3 fully saturated rings. The minimum Gasteiger partial charge on any atom is -0.331 e. The number of hydrogen-bond donors (Lipinski definition) is 2. The van der Waals surface area contributed by atoms with Crippen molar-refractivity contribution in [1.29, 1.82) is 0 Å². The lowest BCUT2D eigenvalue weighted by molar-refractivity contribution is -0.0149. The second kappa shape index (κ2) is 5.59. The van der Waals surface area contributed by atoms with Crippen LogP contribution in [0.4, 0.5) is 0 Å². The quantitative estimate of drug-likeness (QED) is 0.853. The molecule has 8 heteroatoms. The van der Waals surface area contributed by atoms with Crippen molar-refractivity contribution in [3.05, 3.63) is 16.3 Å². The van der Waals surface area contributed by atoms with Gasteiger partial charge in [0.05, 0.1) is 15.3 Å². The highest BCUT2D eigenvalue weighted by Gasteiger charge is 2.47. The number of hydrogen-bond acceptors (Lipinski definition) is 5. The van der Waals surface area contributed by atoms with Crippen molar-refractivity contribution in [3.8, 4) is 0 Å². The Labute approximate surface area is 134 Å². The number of thiophene rings is 1. The van der Waals surface area contributed by atoms with Crippen molar-refractivity contribution in [1.82, 2.24) is 9.62 Å². The molecule has 2 saturated heterocycles. The van der Waals surface area contributed by atoms with Crippen LogP contribution < -0.4 is 10.5 Å². The Balaban J connectivity index is 1.88. The molecule has 6 nitrogen and oxygen atoms in total. The van der Waals surface area contributed by atoms with E-state index in [2.05, 4.69) is 4.72 Å². The lowest BCUT2D eigenvalue weighted by atomic mass is 9.70. The van der Waals surface area contributed by atoms with Gasteiger partial charge in [-0.1, -0.05) is 0 Å². The number of sulfonamides is 1. The highest BCUT2D eigenvalue weighted by atomic mass is 32.2. The van der Waals surface area contributed by atoms with Gasteiger partial charge in [0.1, 0.15) is 0 Å². The van der Waals surface area contributed by atoms with Gasteiger partial charge in [0.2, 0.25) is 10.0 Å². The highest BCUT2D eigenvalue weighted by Crippen LogP contribution is 2.43. The van der Waals surface area contributed by atoms with E-state index in [9.17, 15) is 13.2 Å². The largest absolute Gasteiger partial charge is 0.331 e. The summed E-state index contributed by atoms with van der Waals surface area (Å²) in [6, 6.07) is 1.46. The molecule has 1 aromatic heterocycles. The lowest BCUT2D eigenvalue weighted by Crippen LogP contribution is -2.63. The van der Waals surface area contributed by atoms with Gasteiger partial charge in [-0.25, -0.2) is 13.1 Å². The first-order valence-electron chi connectivity index (χ1n) is 7.46. The van der Waals surface area contributed by atoms with Crippen LogP contribution in [0.3, 0.4) is 0 Å². The maximum Gasteiger partial charge on any atom is 0.264 e. The Bertz CT molecular complexity index is 675. The van der Waals surface area contributed by atoms with E-state index in [1.165, 1.54) is 29.8 Å². The monoisotopic (exact) mass is 343 g/mol. The third-order valence-corrected chi connectivity index (χ3v) is 7.50. The molecule has 3 N–H and O–H groups in total. The normalized spacial score (nSPS) is 28.1. The van der Waals surface area contributed by atoms with Crippen molar-refractivity contribution in [3.63, 3.8) is 0 Å². The van der Waals surface area contributed by atoms with Crippen LogP contribution in [0.2, 0.25) is 0 Å². The molecular weight excluding hydrogens is 322 g/mol. The Kier molecular flexibility index (Phi) is 4.05. The predicted octanol–water partition coefficient (Wildman–Crippen LogP) is 1.000. The van der Waals surface area contributed by atoms with Crippen molar-refractivity contribution in [2.45, 2.75) is 36.1 Å². The first-order chi connectivity index (χ1) is 10.4. The predicted molar refractivity (Wildman–Crippen MR) is 85.3 cm³/mol. The summed E-state index contributed by atoms with van der Waals surface area (Å²) in [6.07, 6.45) is 4.16. The first-order valence-corrected chi connectivity index (χ1v) is 9.82. The summed E-state index contributed by atoms with van der Waals surface area (Å²) in [6.45, 7) is 1.21. The summed E-state index contributed by atoms with van der Waals surface area (Å²) in [5.74, 6) is 0.468. The van der Waals surface area contributed by atoms with Crippen LogP contribution in [-0.4, -0.2) is 44.9 Å². The van der Waals surface area contributed by atoms with Gasteiger partial charge in [-0.3, -0.25) is 4.79 Å². The number of nitrogens with one attached hydrogen (secondary N) is 1. The Morgan fingerprint density at radius 2 is 2.18 bits per heavy atom. The van der Waals surface area contributed by atoms with Gasteiger partial charge in [0, 0.05) is 18.5 Å². The van der Waals surface area contributed by atoms with E-state index in [1.54, 1.807) is 0 Å². The van der Waals surface area contributed by atoms with E-state index in [4.69, 9.17) is 5.73 Å². The molecule has 3 heterocycles. The zero-order valence-electron chi connectivity index (χ0n) is 12.5. The van der Waals surface area contributed by atoms with Gasteiger partial charge in [-0.05, 0) is 44.7 Å². The van der Waals surface area contributed by atoms with Crippen molar-refractivity contribution in [2.75, 3.05) is 20.1 Å². The Morgan fingerprint density at radius 1 is 1.50 bits per heavy atom. The molecule has 1 aliphatic carbocycles. The Morgan fingerprint density at radius 3 is 2.77 bits per heavy atom. The molecule has 122 valence electrons. The fourth-order valence-corrected chi connectivity index (χ4v) is 5.51. The molecule has 1 amide bonds. The summed E-state index contributed by atoms with van der Waals surface area (Å²) in [5.41, 5.74) is 5.74. The highest BCUT2D eigenvalue weighted by molar-refractivity contribution is 7.89. The van der Waals surface area contributed by atoms with Crippen LogP contribution in [0.25, 0.3) is 0 Å². The summed E-state index contributed by atoms with van der Waals surface area (Å²) in [7, 11) is -2.15. The van der Waals surface area contributed by atoms with Gasteiger partial charge in [-0.2, -0.15) is 0 Å². The van der Waals surface area contributed by atoms with E-state index in [0.717, 1.165) is 32.2 Å². The lowest BCUT2D eigenvalue weighted by Gasteiger charge is -2.54. The van der Waals surface area contributed by atoms with E-state index in [1.807, 2.05) is 4.90 Å². The van der Waals surface area contributed by atoms with Gasteiger partial charge in [-0.15, -0.1) is 11.3 Å². The zero-order chi connectivity index (χ0) is 16.0. The van der Waals surface area contributed by atoms with Gasteiger partial charge in [0.15, 0.2) is 0 Å². The van der Waals surface area contributed by atoms with Crippen molar-refractivity contribution < 1.29 is 13.2 Å². The molecule has 22 heavy (non-hydrogen) atoms. The average molecular weight is 343 g/mol. The molecule has 0 aromatic carbocycles. The van der Waals surface area contributed by atoms with Crippen LogP contribution in [0, 0.1) is 5.92 Å². The second-order valence-electron chi connectivity index (χ2n) is 6.14. The smallest absolute Gasteiger partial charge is 0.264 e. The third kappa shape index (κ3) is 2.47. The van der Waals surface area contributed by atoms with Crippen LogP contribution >= 0.6 is 11.3 Å². The summed E-state index contributed by atoms with van der Waals surface area (Å²) in [5, 5.41) is 1.51.